The van der Waals surface area contributed by atoms with E-state index >= 15 is 0 Å². The lowest BCUT2D eigenvalue weighted by Crippen LogP contribution is -2.20. The van der Waals surface area contributed by atoms with Gasteiger partial charge in [-0.2, -0.15) is 0 Å². The predicted octanol–water partition coefficient (Wildman–Crippen LogP) is 0.539. The molecule has 0 N–H and O–H groups in total. The molecule has 1 rings (SSSR count). The van der Waals surface area contributed by atoms with E-state index in [4.69, 9.17) is 0 Å². The first-order valence-electron chi connectivity index (χ1n) is 4.14. The van der Waals surface area contributed by atoms with Gasteiger partial charge in [-0.25, -0.2) is 4.74 Å². The van der Waals surface area contributed by atoms with Gasteiger partial charge in [-0.1, -0.05) is 0 Å². The number of nitrogens with zero attached hydrogens (tertiary/aromatic N) is 2. The fourth-order valence-electron chi connectivity index (χ4n) is 1.54. The fraction of sp³-hybridized carbons (Fsp3) is 0.875. The van der Waals surface area contributed by atoms with Crippen molar-refractivity contribution in [3.63, 3.8) is 0 Å². The van der Waals surface area contributed by atoms with Crippen LogP contribution in [0.5, 0.6) is 0 Å². The van der Waals surface area contributed by atoms with Crippen LogP contribution >= 0.6 is 0 Å². The molecular weight excluding hydrogens is 140 g/mol. The number of likely N-dealkylation sites (tertiary alicyclic amines) is 1. The molecule has 0 amide bonds. The summed E-state index contributed by atoms with van der Waals surface area (Å²) in [6.07, 6.45) is 2.77. The summed E-state index contributed by atoms with van der Waals surface area (Å²) in [4.78, 5) is 2.27. The van der Waals surface area contributed by atoms with Crippen molar-refractivity contribution in [1.82, 2.24) is 4.90 Å². The monoisotopic (exact) mass is 156 g/mol. The van der Waals surface area contributed by atoms with E-state index in [1.54, 1.807) is 13.1 Å². The molecule has 3 heteroatoms. The second kappa shape index (κ2) is 3.72. The average Bonchev–Trinajstić information content (AvgIpc) is 2.35. The zero-order chi connectivity index (χ0) is 8.27. The quantitative estimate of drug-likeness (QED) is 0.253. The van der Waals surface area contributed by atoms with Crippen LogP contribution in [0.2, 0.25) is 0 Å². The first-order chi connectivity index (χ1) is 5.22. The summed E-state index contributed by atoms with van der Waals surface area (Å²) in [6.45, 7) is 4.67. The molecule has 0 bridgehead atoms. The second-order valence-electron chi connectivity index (χ2n) is 3.27. The van der Waals surface area contributed by atoms with Crippen molar-refractivity contribution in [1.29, 1.82) is 0 Å². The average molecular weight is 156 g/mol. The molecule has 1 atom stereocenters. The number of rotatable bonds is 2. The van der Waals surface area contributed by atoms with Crippen LogP contribution in [-0.2, 0) is 0 Å². The Morgan fingerprint density at radius 1 is 1.73 bits per heavy atom. The van der Waals surface area contributed by atoms with Crippen LogP contribution in [0.4, 0.5) is 0 Å². The first-order valence-corrected chi connectivity index (χ1v) is 4.14. The van der Waals surface area contributed by atoms with Crippen molar-refractivity contribution in [2.75, 3.05) is 26.7 Å². The molecule has 1 unspecified atom stereocenters. The highest BCUT2D eigenvalue weighted by Crippen LogP contribution is 2.13. The highest BCUT2D eigenvalue weighted by molar-refractivity contribution is 5.46. The molecule has 1 heterocycles. The van der Waals surface area contributed by atoms with Gasteiger partial charge in [-0.3, -0.25) is 0 Å². The summed E-state index contributed by atoms with van der Waals surface area (Å²) in [5, 5.41) is 10.9. The van der Waals surface area contributed by atoms with E-state index in [9.17, 15) is 5.21 Å². The number of hydrogen-bond donors (Lipinski definition) is 0. The van der Waals surface area contributed by atoms with Crippen molar-refractivity contribution in [2.45, 2.75) is 13.3 Å². The van der Waals surface area contributed by atoms with Crippen LogP contribution in [-0.4, -0.2) is 42.5 Å². The van der Waals surface area contributed by atoms with Gasteiger partial charge in [-0.05, 0) is 20.0 Å². The smallest absolute Gasteiger partial charge is 0.157 e. The van der Waals surface area contributed by atoms with Gasteiger partial charge < -0.3 is 10.1 Å². The van der Waals surface area contributed by atoms with Crippen molar-refractivity contribution in [3.05, 3.63) is 5.21 Å². The molecule has 11 heavy (non-hydrogen) atoms. The van der Waals surface area contributed by atoms with Crippen molar-refractivity contribution in [2.24, 2.45) is 5.92 Å². The molecule has 0 saturated carbocycles. The molecule has 1 aliphatic heterocycles. The number of hydroxylamine groups is 1. The molecule has 1 aliphatic rings. The van der Waals surface area contributed by atoms with Crippen LogP contribution in [0.25, 0.3) is 0 Å². The van der Waals surface area contributed by atoms with Gasteiger partial charge in [0, 0.05) is 19.4 Å². The van der Waals surface area contributed by atoms with Gasteiger partial charge in [0.25, 0.3) is 0 Å². The second-order valence-corrected chi connectivity index (χ2v) is 3.27. The molecule has 1 fully saturated rings. The Balaban J connectivity index is 2.28. The Hall–Kier alpha value is -0.570. The molecule has 0 aromatic carbocycles. The maximum atomic E-state index is 10.9. The van der Waals surface area contributed by atoms with Crippen LogP contribution < -0.4 is 0 Å². The number of hydrogen-bond acceptors (Lipinski definition) is 2. The van der Waals surface area contributed by atoms with E-state index in [1.807, 2.05) is 0 Å². The Labute approximate surface area is 67.9 Å². The van der Waals surface area contributed by atoms with E-state index in [2.05, 4.69) is 11.9 Å². The summed E-state index contributed by atoms with van der Waals surface area (Å²) in [7, 11) is 2.10. The Morgan fingerprint density at radius 3 is 2.91 bits per heavy atom. The summed E-state index contributed by atoms with van der Waals surface area (Å²) >= 11 is 0. The molecule has 0 aromatic rings. The standard InChI is InChI=1S/C8H16N2O/c1-3-10(11)7-8-4-5-9(2)6-8/h3,8H,4-7H2,1-2H3/b10-3-. The first kappa shape index (κ1) is 8.53. The van der Waals surface area contributed by atoms with Gasteiger partial charge in [0.15, 0.2) is 6.54 Å². The zero-order valence-corrected chi connectivity index (χ0v) is 7.29. The Morgan fingerprint density at radius 2 is 2.45 bits per heavy atom. The summed E-state index contributed by atoms with van der Waals surface area (Å²) in [6, 6.07) is 0. The lowest BCUT2D eigenvalue weighted by Gasteiger charge is -2.09. The Bertz CT molecular complexity index is 156. The van der Waals surface area contributed by atoms with Gasteiger partial charge >= 0.3 is 0 Å². The highest BCUT2D eigenvalue weighted by Gasteiger charge is 2.21. The minimum atomic E-state index is 0.577. The molecule has 3 nitrogen and oxygen atoms in total. The minimum absolute atomic E-state index is 0.577. The van der Waals surface area contributed by atoms with Crippen LogP contribution in [0.1, 0.15) is 13.3 Å². The third-order valence-electron chi connectivity index (χ3n) is 2.22. The largest absolute Gasteiger partial charge is 0.624 e. The summed E-state index contributed by atoms with van der Waals surface area (Å²) < 4.78 is 1.03. The molecule has 0 radical (unpaired) electrons. The lowest BCUT2D eigenvalue weighted by atomic mass is 10.1. The molecule has 1 saturated heterocycles. The third-order valence-corrected chi connectivity index (χ3v) is 2.22. The van der Waals surface area contributed by atoms with Crippen LogP contribution in [0.3, 0.4) is 0 Å². The maximum absolute atomic E-state index is 10.9. The zero-order valence-electron chi connectivity index (χ0n) is 7.29. The van der Waals surface area contributed by atoms with Gasteiger partial charge in [-0.15, -0.1) is 0 Å². The molecular formula is C8H16N2O. The molecule has 0 spiro atoms. The van der Waals surface area contributed by atoms with E-state index < -0.39 is 0 Å². The van der Waals surface area contributed by atoms with Crippen LogP contribution in [0, 0.1) is 11.1 Å². The van der Waals surface area contributed by atoms with E-state index in [-0.39, 0.29) is 0 Å². The SMILES string of the molecule is C/C=[N+](\[O-])CC1CCN(C)C1. The highest BCUT2D eigenvalue weighted by atomic mass is 16.5. The van der Waals surface area contributed by atoms with E-state index in [0.29, 0.717) is 12.5 Å². The van der Waals surface area contributed by atoms with Crippen molar-refractivity contribution >= 4 is 6.21 Å². The minimum Gasteiger partial charge on any atom is -0.624 e. The van der Waals surface area contributed by atoms with E-state index in [0.717, 1.165) is 17.8 Å². The molecule has 0 aliphatic carbocycles. The summed E-state index contributed by atoms with van der Waals surface area (Å²) in [5.74, 6) is 0.577. The molecule has 0 aromatic heterocycles. The van der Waals surface area contributed by atoms with Crippen molar-refractivity contribution in [3.8, 4) is 0 Å². The fourth-order valence-corrected chi connectivity index (χ4v) is 1.54. The van der Waals surface area contributed by atoms with Crippen molar-refractivity contribution < 1.29 is 4.74 Å². The lowest BCUT2D eigenvalue weighted by molar-refractivity contribution is -0.461. The topological polar surface area (TPSA) is 29.3 Å². The van der Waals surface area contributed by atoms with Gasteiger partial charge in [0.05, 0.1) is 0 Å². The predicted molar refractivity (Wildman–Crippen MR) is 45.8 cm³/mol. The summed E-state index contributed by atoms with van der Waals surface area (Å²) in [5.41, 5.74) is 0. The maximum Gasteiger partial charge on any atom is 0.157 e. The van der Waals surface area contributed by atoms with Crippen LogP contribution in [0.15, 0.2) is 0 Å². The van der Waals surface area contributed by atoms with E-state index in [1.165, 1.54) is 6.42 Å². The van der Waals surface area contributed by atoms with Gasteiger partial charge in [0.1, 0.15) is 6.21 Å². The Kier molecular flexibility index (Phi) is 2.88. The normalized spacial score (nSPS) is 27.8. The molecule has 64 valence electrons. The third kappa shape index (κ3) is 2.50. The van der Waals surface area contributed by atoms with Gasteiger partial charge in [0.2, 0.25) is 0 Å².